The molecule has 0 unspecified atom stereocenters. The van der Waals surface area contributed by atoms with Crippen LogP contribution in [0.4, 0.5) is 11.4 Å². The van der Waals surface area contributed by atoms with E-state index in [-0.39, 0.29) is 16.9 Å². The third-order valence-electron chi connectivity index (χ3n) is 4.04. The lowest BCUT2D eigenvalue weighted by molar-refractivity contribution is -0.384. The number of aryl methyl sites for hydroxylation is 1. The molecule has 0 aliphatic heterocycles. The molecule has 0 bridgehead atoms. The first-order valence-corrected chi connectivity index (χ1v) is 8.11. The molecule has 3 aromatic rings. The van der Waals surface area contributed by atoms with E-state index in [4.69, 9.17) is 4.42 Å². The van der Waals surface area contributed by atoms with Gasteiger partial charge in [0.1, 0.15) is 11.5 Å². The molecular weight excluding hydrogens is 362 g/mol. The van der Waals surface area contributed by atoms with E-state index in [0.717, 1.165) is 5.56 Å². The van der Waals surface area contributed by atoms with Crippen LogP contribution in [-0.2, 0) is 0 Å². The molecule has 0 saturated carbocycles. The van der Waals surface area contributed by atoms with Crippen molar-refractivity contribution in [2.45, 2.75) is 6.92 Å². The molecule has 8 heteroatoms. The predicted octanol–water partition coefficient (Wildman–Crippen LogP) is 5.14. The molecule has 1 aromatic heterocycles. The molecule has 0 fully saturated rings. The number of furan rings is 1. The van der Waals surface area contributed by atoms with E-state index < -0.39 is 9.85 Å². The van der Waals surface area contributed by atoms with Crippen molar-refractivity contribution in [2.75, 3.05) is 0 Å². The first kappa shape index (κ1) is 18.5. The van der Waals surface area contributed by atoms with E-state index in [9.17, 15) is 25.5 Å². The summed E-state index contributed by atoms with van der Waals surface area (Å²) in [5.41, 5.74) is 1.69. The van der Waals surface area contributed by atoms with Gasteiger partial charge in [0.25, 0.3) is 11.4 Å². The number of benzene rings is 2. The highest BCUT2D eigenvalue weighted by atomic mass is 16.6. The van der Waals surface area contributed by atoms with E-state index in [0.29, 0.717) is 22.6 Å². The van der Waals surface area contributed by atoms with E-state index in [1.54, 1.807) is 31.2 Å². The van der Waals surface area contributed by atoms with Gasteiger partial charge in [-0.05, 0) is 54.5 Å². The molecule has 28 heavy (non-hydrogen) atoms. The number of nitrogens with zero attached hydrogens (tertiary/aromatic N) is 3. The van der Waals surface area contributed by atoms with Crippen LogP contribution in [0.3, 0.4) is 0 Å². The van der Waals surface area contributed by atoms with E-state index in [1.165, 1.54) is 36.4 Å². The standard InChI is InChI=1S/C20H13N3O5/c1-13-2-8-18(19(10-13)23(26)27)20-9-7-17(28-20)11-15(12-21)14-3-5-16(6-4-14)22(24)25/h2-11H,1H3/b15-11-. The Bertz CT molecular complexity index is 1140. The first-order valence-electron chi connectivity index (χ1n) is 8.11. The molecule has 2 aromatic carbocycles. The molecule has 0 amide bonds. The molecule has 0 atom stereocenters. The lowest BCUT2D eigenvalue weighted by Crippen LogP contribution is -1.92. The summed E-state index contributed by atoms with van der Waals surface area (Å²) in [4.78, 5) is 21.0. The second-order valence-corrected chi connectivity index (χ2v) is 5.95. The number of nitro benzene ring substituents is 2. The summed E-state index contributed by atoms with van der Waals surface area (Å²) < 4.78 is 5.68. The van der Waals surface area contributed by atoms with Gasteiger partial charge in [-0.3, -0.25) is 20.2 Å². The Morgan fingerprint density at radius 3 is 2.36 bits per heavy atom. The van der Waals surface area contributed by atoms with Gasteiger partial charge < -0.3 is 4.42 Å². The topological polar surface area (TPSA) is 123 Å². The summed E-state index contributed by atoms with van der Waals surface area (Å²) in [6.07, 6.45) is 1.48. The Morgan fingerprint density at radius 1 is 1.04 bits per heavy atom. The summed E-state index contributed by atoms with van der Waals surface area (Å²) in [7, 11) is 0. The molecule has 0 N–H and O–H groups in total. The smallest absolute Gasteiger partial charge is 0.280 e. The van der Waals surface area contributed by atoms with Gasteiger partial charge in [-0.25, -0.2) is 0 Å². The van der Waals surface area contributed by atoms with Gasteiger partial charge in [0, 0.05) is 18.2 Å². The SMILES string of the molecule is Cc1ccc(-c2ccc(/C=C(/C#N)c3ccc([N+](=O)[O-])cc3)o2)c([N+](=O)[O-])c1. The molecule has 138 valence electrons. The Labute approximate surface area is 159 Å². The first-order chi connectivity index (χ1) is 13.4. The molecular formula is C20H13N3O5. The van der Waals surface area contributed by atoms with Gasteiger partial charge in [-0.1, -0.05) is 6.07 Å². The normalized spacial score (nSPS) is 11.1. The fourth-order valence-corrected chi connectivity index (χ4v) is 2.66. The van der Waals surface area contributed by atoms with Crippen LogP contribution in [0.25, 0.3) is 23.0 Å². The third-order valence-corrected chi connectivity index (χ3v) is 4.04. The van der Waals surface area contributed by atoms with Crippen LogP contribution >= 0.6 is 0 Å². The van der Waals surface area contributed by atoms with E-state index in [1.807, 2.05) is 6.07 Å². The summed E-state index contributed by atoms with van der Waals surface area (Å²) in [6.45, 7) is 1.76. The Morgan fingerprint density at radius 2 is 1.75 bits per heavy atom. The fourth-order valence-electron chi connectivity index (χ4n) is 2.66. The van der Waals surface area contributed by atoms with Gasteiger partial charge in [0.05, 0.1) is 27.1 Å². The maximum Gasteiger partial charge on any atom is 0.280 e. The maximum atomic E-state index is 11.3. The number of hydrogen-bond donors (Lipinski definition) is 0. The van der Waals surface area contributed by atoms with Gasteiger partial charge in [0.15, 0.2) is 0 Å². The second-order valence-electron chi connectivity index (χ2n) is 5.95. The van der Waals surface area contributed by atoms with Crippen LogP contribution in [0.2, 0.25) is 0 Å². The molecule has 0 spiro atoms. The summed E-state index contributed by atoms with van der Waals surface area (Å²) in [5.74, 6) is 0.638. The van der Waals surface area contributed by atoms with Crippen molar-refractivity contribution in [3.05, 3.63) is 91.7 Å². The molecule has 0 radical (unpaired) electrons. The summed E-state index contributed by atoms with van der Waals surface area (Å²) in [5, 5.41) is 31.4. The summed E-state index contributed by atoms with van der Waals surface area (Å²) >= 11 is 0. The van der Waals surface area contributed by atoms with Crippen LogP contribution in [-0.4, -0.2) is 9.85 Å². The van der Waals surface area contributed by atoms with Crippen LogP contribution in [0, 0.1) is 38.5 Å². The van der Waals surface area contributed by atoms with E-state index >= 15 is 0 Å². The second kappa shape index (κ2) is 7.55. The zero-order chi connectivity index (χ0) is 20.3. The van der Waals surface area contributed by atoms with Crippen molar-refractivity contribution < 1.29 is 14.3 Å². The van der Waals surface area contributed by atoms with Crippen molar-refractivity contribution in [3.8, 4) is 17.4 Å². The molecule has 8 nitrogen and oxygen atoms in total. The van der Waals surface area contributed by atoms with Crippen molar-refractivity contribution in [1.29, 1.82) is 5.26 Å². The highest BCUT2D eigenvalue weighted by Gasteiger charge is 2.18. The summed E-state index contributed by atoms with van der Waals surface area (Å²) in [6, 6.07) is 15.6. The Kier molecular flexibility index (Phi) is 5.00. The zero-order valence-corrected chi connectivity index (χ0v) is 14.7. The fraction of sp³-hybridized carbons (Fsp3) is 0.0500. The Hall–Kier alpha value is -4.25. The molecule has 3 rings (SSSR count). The zero-order valence-electron chi connectivity index (χ0n) is 14.7. The quantitative estimate of drug-likeness (QED) is 0.346. The predicted molar refractivity (Wildman–Crippen MR) is 102 cm³/mol. The van der Waals surface area contributed by atoms with Crippen LogP contribution in [0.5, 0.6) is 0 Å². The monoisotopic (exact) mass is 375 g/mol. The number of allylic oxidation sites excluding steroid dienone is 1. The van der Waals surface area contributed by atoms with Crippen molar-refractivity contribution in [3.63, 3.8) is 0 Å². The van der Waals surface area contributed by atoms with Crippen LogP contribution in [0.1, 0.15) is 16.9 Å². The van der Waals surface area contributed by atoms with Crippen molar-refractivity contribution in [1.82, 2.24) is 0 Å². The van der Waals surface area contributed by atoms with Gasteiger partial charge in [0.2, 0.25) is 0 Å². The molecule has 0 aliphatic rings. The molecule has 0 saturated heterocycles. The number of non-ortho nitro benzene ring substituents is 1. The molecule has 1 heterocycles. The number of nitriles is 1. The minimum atomic E-state index is -0.521. The molecule has 0 aliphatic carbocycles. The number of rotatable bonds is 5. The number of hydrogen-bond acceptors (Lipinski definition) is 6. The van der Waals surface area contributed by atoms with Gasteiger partial charge >= 0.3 is 0 Å². The highest BCUT2D eigenvalue weighted by molar-refractivity contribution is 5.89. The third kappa shape index (κ3) is 3.78. The largest absolute Gasteiger partial charge is 0.456 e. The van der Waals surface area contributed by atoms with Gasteiger partial charge in [-0.15, -0.1) is 0 Å². The minimum absolute atomic E-state index is 0.0687. The highest BCUT2D eigenvalue weighted by Crippen LogP contribution is 2.33. The van der Waals surface area contributed by atoms with Crippen LogP contribution in [0.15, 0.2) is 59.0 Å². The lowest BCUT2D eigenvalue weighted by Gasteiger charge is -2.01. The van der Waals surface area contributed by atoms with Crippen LogP contribution < -0.4 is 0 Å². The maximum absolute atomic E-state index is 11.3. The van der Waals surface area contributed by atoms with Crippen molar-refractivity contribution in [2.24, 2.45) is 0 Å². The lowest BCUT2D eigenvalue weighted by atomic mass is 10.1. The average molecular weight is 375 g/mol. The Balaban J connectivity index is 1.96. The minimum Gasteiger partial charge on any atom is -0.456 e. The number of nitro groups is 2. The van der Waals surface area contributed by atoms with Crippen molar-refractivity contribution >= 4 is 23.0 Å². The average Bonchev–Trinajstić information content (AvgIpc) is 3.14. The van der Waals surface area contributed by atoms with Gasteiger partial charge in [-0.2, -0.15) is 5.26 Å². The van der Waals surface area contributed by atoms with E-state index in [2.05, 4.69) is 0 Å².